The van der Waals surface area contributed by atoms with Crippen LogP contribution in [0.5, 0.6) is 11.8 Å². The summed E-state index contributed by atoms with van der Waals surface area (Å²) in [6, 6.07) is 14.7. The Bertz CT molecular complexity index is 1080. The molecule has 164 valence electrons. The van der Waals surface area contributed by atoms with Crippen LogP contribution >= 0.6 is 0 Å². The Morgan fingerprint density at radius 1 is 0.906 bits per heavy atom. The molecule has 2 aromatic carbocycles. The molecule has 5 nitrogen and oxygen atoms in total. The van der Waals surface area contributed by atoms with Crippen LogP contribution in [-0.4, -0.2) is 21.4 Å². The quantitative estimate of drug-likeness (QED) is 0.471. The molecule has 0 bridgehead atoms. The smallest absolute Gasteiger partial charge is 0.416 e. The molecule has 3 aromatic rings. The molecule has 0 spiro atoms. The van der Waals surface area contributed by atoms with Crippen LogP contribution in [0, 0.1) is 0 Å². The Hall–Kier alpha value is -3.81. The standard InChI is InChI=1S/C24H20F3N3O2/c25-24(26,27)20-6-2-19(3-7-20)17-31-21-10-14-30(15-11-21)16-18-4-8-22(9-5-18)32-23-28-12-1-13-29-23/h1-14H,15-17H2. The number of benzene rings is 2. The third kappa shape index (κ3) is 5.87. The highest BCUT2D eigenvalue weighted by molar-refractivity contribution is 5.30. The number of ether oxygens (including phenoxy) is 2. The van der Waals surface area contributed by atoms with Crippen LogP contribution in [0.4, 0.5) is 13.2 Å². The molecule has 0 N–H and O–H groups in total. The van der Waals surface area contributed by atoms with Crippen LogP contribution in [0.3, 0.4) is 0 Å². The molecule has 0 saturated carbocycles. The summed E-state index contributed by atoms with van der Waals surface area (Å²) in [6.07, 6.45) is 4.63. The molecule has 0 fully saturated rings. The van der Waals surface area contributed by atoms with E-state index in [1.54, 1.807) is 18.5 Å². The number of alkyl halides is 3. The van der Waals surface area contributed by atoms with Gasteiger partial charge in [-0.1, -0.05) is 24.3 Å². The topological polar surface area (TPSA) is 47.5 Å². The summed E-state index contributed by atoms with van der Waals surface area (Å²) < 4.78 is 49.2. The second kappa shape index (κ2) is 9.55. The van der Waals surface area contributed by atoms with Crippen molar-refractivity contribution < 1.29 is 22.6 Å². The van der Waals surface area contributed by atoms with Crippen molar-refractivity contribution in [2.24, 2.45) is 0 Å². The molecular weight excluding hydrogens is 419 g/mol. The zero-order chi connectivity index (χ0) is 22.4. The normalized spacial score (nSPS) is 13.6. The predicted molar refractivity (Wildman–Crippen MR) is 112 cm³/mol. The van der Waals surface area contributed by atoms with Gasteiger partial charge in [-0.15, -0.1) is 0 Å². The molecule has 0 unspecified atom stereocenters. The van der Waals surface area contributed by atoms with E-state index >= 15 is 0 Å². The molecule has 2 heterocycles. The fourth-order valence-electron chi connectivity index (χ4n) is 3.04. The maximum absolute atomic E-state index is 12.6. The molecule has 0 amide bonds. The van der Waals surface area contributed by atoms with Crippen LogP contribution in [0.15, 0.2) is 91.1 Å². The largest absolute Gasteiger partial charge is 0.489 e. The highest BCUT2D eigenvalue weighted by atomic mass is 19.4. The van der Waals surface area contributed by atoms with Crippen LogP contribution in [0.1, 0.15) is 16.7 Å². The fraction of sp³-hybridized carbons (Fsp3) is 0.167. The van der Waals surface area contributed by atoms with Crippen molar-refractivity contribution in [3.8, 4) is 11.8 Å². The van der Waals surface area contributed by atoms with Gasteiger partial charge >= 0.3 is 12.2 Å². The number of nitrogens with zero attached hydrogens (tertiary/aromatic N) is 3. The predicted octanol–water partition coefficient (Wildman–Crippen LogP) is 5.72. The molecule has 4 rings (SSSR count). The molecule has 8 heteroatoms. The first-order valence-electron chi connectivity index (χ1n) is 9.91. The highest BCUT2D eigenvalue weighted by Crippen LogP contribution is 2.29. The Morgan fingerprint density at radius 3 is 2.22 bits per heavy atom. The van der Waals surface area contributed by atoms with Gasteiger partial charge in [0.2, 0.25) is 0 Å². The van der Waals surface area contributed by atoms with Gasteiger partial charge in [0.1, 0.15) is 18.1 Å². The lowest BCUT2D eigenvalue weighted by molar-refractivity contribution is -0.137. The van der Waals surface area contributed by atoms with Gasteiger partial charge in [0.15, 0.2) is 0 Å². The van der Waals surface area contributed by atoms with Crippen molar-refractivity contribution in [1.29, 1.82) is 0 Å². The lowest BCUT2D eigenvalue weighted by Crippen LogP contribution is -2.19. The summed E-state index contributed by atoms with van der Waals surface area (Å²) in [4.78, 5) is 10.2. The Labute approximate surface area is 183 Å². The molecule has 0 atom stereocenters. The van der Waals surface area contributed by atoms with Gasteiger partial charge in [-0.2, -0.15) is 13.2 Å². The van der Waals surface area contributed by atoms with E-state index in [0.29, 0.717) is 36.2 Å². The summed E-state index contributed by atoms with van der Waals surface area (Å²) in [5.41, 5.74) is 1.12. The minimum absolute atomic E-state index is 0.209. The molecule has 0 radical (unpaired) electrons. The number of aromatic nitrogens is 2. The summed E-state index contributed by atoms with van der Waals surface area (Å²) in [5, 5.41) is 0. The number of allylic oxidation sites excluding steroid dienone is 1. The zero-order valence-corrected chi connectivity index (χ0v) is 17.0. The van der Waals surface area contributed by atoms with E-state index in [4.69, 9.17) is 9.47 Å². The Kier molecular flexibility index (Phi) is 6.39. The van der Waals surface area contributed by atoms with Crippen molar-refractivity contribution in [3.63, 3.8) is 0 Å². The fourth-order valence-corrected chi connectivity index (χ4v) is 3.04. The lowest BCUT2D eigenvalue weighted by atomic mass is 10.1. The van der Waals surface area contributed by atoms with Crippen LogP contribution in [-0.2, 0) is 24.1 Å². The van der Waals surface area contributed by atoms with Gasteiger partial charge in [-0.25, -0.2) is 9.97 Å². The minimum Gasteiger partial charge on any atom is -0.489 e. The molecule has 1 aliphatic rings. The Morgan fingerprint density at radius 2 is 1.59 bits per heavy atom. The highest BCUT2D eigenvalue weighted by Gasteiger charge is 2.29. The van der Waals surface area contributed by atoms with E-state index in [1.165, 1.54) is 12.1 Å². The first-order chi connectivity index (χ1) is 15.5. The van der Waals surface area contributed by atoms with Gasteiger partial charge in [0, 0.05) is 31.7 Å². The number of rotatable bonds is 7. The SMILES string of the molecule is FC(F)(F)c1ccc(COC2=CCN(Cc3ccc(Oc4ncccn4)cc3)C=C2)cc1. The van der Waals surface area contributed by atoms with E-state index in [9.17, 15) is 13.2 Å². The second-order valence-electron chi connectivity index (χ2n) is 7.11. The molecular formula is C24H20F3N3O2. The summed E-state index contributed by atoms with van der Waals surface area (Å²) >= 11 is 0. The third-order valence-electron chi connectivity index (χ3n) is 4.72. The van der Waals surface area contributed by atoms with E-state index in [2.05, 4.69) is 14.9 Å². The zero-order valence-electron chi connectivity index (χ0n) is 17.0. The van der Waals surface area contributed by atoms with Crippen molar-refractivity contribution in [2.45, 2.75) is 19.3 Å². The molecule has 0 aliphatic carbocycles. The first kappa shape index (κ1) is 21.4. The average molecular weight is 439 g/mol. The van der Waals surface area contributed by atoms with Gasteiger partial charge < -0.3 is 14.4 Å². The van der Waals surface area contributed by atoms with E-state index in [0.717, 1.165) is 17.7 Å². The maximum atomic E-state index is 12.6. The monoisotopic (exact) mass is 439 g/mol. The number of hydrogen-bond acceptors (Lipinski definition) is 5. The summed E-state index contributed by atoms with van der Waals surface area (Å²) in [5.74, 6) is 1.35. The van der Waals surface area contributed by atoms with Crippen LogP contribution in [0.25, 0.3) is 0 Å². The Balaban J connectivity index is 1.24. The third-order valence-corrected chi connectivity index (χ3v) is 4.72. The lowest BCUT2D eigenvalue weighted by Gasteiger charge is -2.23. The van der Waals surface area contributed by atoms with E-state index < -0.39 is 11.7 Å². The van der Waals surface area contributed by atoms with Crippen molar-refractivity contribution in [3.05, 3.63) is 108 Å². The van der Waals surface area contributed by atoms with Crippen molar-refractivity contribution >= 4 is 0 Å². The average Bonchev–Trinajstić information content (AvgIpc) is 2.80. The second-order valence-corrected chi connectivity index (χ2v) is 7.11. The van der Waals surface area contributed by atoms with Gasteiger partial charge in [0.05, 0.1) is 5.56 Å². The molecule has 32 heavy (non-hydrogen) atoms. The first-order valence-corrected chi connectivity index (χ1v) is 9.91. The van der Waals surface area contributed by atoms with Crippen LogP contribution < -0.4 is 4.74 Å². The number of halogens is 3. The van der Waals surface area contributed by atoms with Crippen LogP contribution in [0.2, 0.25) is 0 Å². The molecule has 0 saturated heterocycles. The van der Waals surface area contributed by atoms with Gasteiger partial charge in [-0.05, 0) is 53.6 Å². The van der Waals surface area contributed by atoms with Crippen molar-refractivity contribution in [2.75, 3.05) is 6.54 Å². The maximum Gasteiger partial charge on any atom is 0.416 e. The summed E-state index contributed by atoms with van der Waals surface area (Å²) in [6.45, 7) is 1.58. The van der Waals surface area contributed by atoms with E-state index in [1.807, 2.05) is 42.6 Å². The molecule has 1 aliphatic heterocycles. The summed E-state index contributed by atoms with van der Waals surface area (Å²) in [7, 11) is 0. The van der Waals surface area contributed by atoms with E-state index in [-0.39, 0.29) is 6.61 Å². The minimum atomic E-state index is -4.33. The molecule has 1 aromatic heterocycles. The number of hydrogen-bond donors (Lipinski definition) is 0. The van der Waals surface area contributed by atoms with Crippen molar-refractivity contribution in [1.82, 2.24) is 14.9 Å². The van der Waals surface area contributed by atoms with Gasteiger partial charge in [-0.3, -0.25) is 0 Å². The van der Waals surface area contributed by atoms with Gasteiger partial charge in [0.25, 0.3) is 0 Å².